The smallest absolute Gasteiger partial charge is 0.167 e. The second-order valence-electron chi connectivity index (χ2n) is 5.12. The number of ether oxygens (including phenoxy) is 1. The Kier molecular flexibility index (Phi) is 2.64. The van der Waals surface area contributed by atoms with Crippen LogP contribution in [-0.4, -0.2) is 17.3 Å². The van der Waals surface area contributed by atoms with E-state index >= 15 is 0 Å². The van der Waals surface area contributed by atoms with Gasteiger partial charge in [0, 0.05) is 12.8 Å². The zero-order chi connectivity index (χ0) is 12.9. The Morgan fingerprint density at radius 1 is 1.06 bits per heavy atom. The molecule has 5 heteroatoms. The first-order valence-electron chi connectivity index (χ1n) is 6.01. The summed E-state index contributed by atoms with van der Waals surface area (Å²) in [4.78, 5) is 0. The monoisotopic (exact) mass is 258 g/mol. The van der Waals surface area contributed by atoms with Crippen LogP contribution < -0.4 is 0 Å². The van der Waals surface area contributed by atoms with Crippen molar-refractivity contribution < 1.29 is 23.0 Å². The van der Waals surface area contributed by atoms with Crippen LogP contribution in [0.3, 0.4) is 0 Å². The van der Waals surface area contributed by atoms with Gasteiger partial charge in [0.1, 0.15) is 11.4 Å². The highest BCUT2D eigenvalue weighted by atomic mass is 19.2. The van der Waals surface area contributed by atoms with Crippen molar-refractivity contribution in [3.8, 4) is 0 Å². The number of halogens is 3. The van der Waals surface area contributed by atoms with Crippen molar-refractivity contribution in [2.75, 3.05) is 0 Å². The SMILES string of the molecule is OC1(c2c(F)ccc(F)c2F)CC2CCC(C1)O2. The molecular weight excluding hydrogens is 245 g/mol. The lowest BCUT2D eigenvalue weighted by Gasteiger charge is -2.37. The fourth-order valence-corrected chi connectivity index (χ4v) is 3.07. The van der Waals surface area contributed by atoms with Gasteiger partial charge in [0.2, 0.25) is 0 Å². The second kappa shape index (κ2) is 3.96. The first-order chi connectivity index (χ1) is 8.49. The van der Waals surface area contributed by atoms with E-state index in [-0.39, 0.29) is 25.0 Å². The van der Waals surface area contributed by atoms with Gasteiger partial charge in [-0.2, -0.15) is 0 Å². The van der Waals surface area contributed by atoms with Gasteiger partial charge in [0.15, 0.2) is 11.6 Å². The molecule has 2 nitrogen and oxygen atoms in total. The fourth-order valence-electron chi connectivity index (χ4n) is 3.07. The van der Waals surface area contributed by atoms with Crippen LogP contribution in [0.2, 0.25) is 0 Å². The second-order valence-corrected chi connectivity index (χ2v) is 5.12. The molecule has 2 fully saturated rings. The van der Waals surface area contributed by atoms with E-state index in [2.05, 4.69) is 0 Å². The van der Waals surface area contributed by atoms with Crippen LogP contribution >= 0.6 is 0 Å². The first kappa shape index (κ1) is 12.0. The molecule has 2 bridgehead atoms. The van der Waals surface area contributed by atoms with Gasteiger partial charge in [-0.15, -0.1) is 0 Å². The van der Waals surface area contributed by atoms with Crippen LogP contribution in [0.25, 0.3) is 0 Å². The fraction of sp³-hybridized carbons (Fsp3) is 0.538. The van der Waals surface area contributed by atoms with Crippen LogP contribution in [0.1, 0.15) is 31.2 Å². The van der Waals surface area contributed by atoms with Crippen molar-refractivity contribution in [2.24, 2.45) is 0 Å². The van der Waals surface area contributed by atoms with Crippen LogP contribution in [0.15, 0.2) is 12.1 Å². The molecule has 0 saturated carbocycles. The molecule has 98 valence electrons. The number of fused-ring (bicyclic) bond motifs is 2. The zero-order valence-corrected chi connectivity index (χ0v) is 9.63. The van der Waals surface area contributed by atoms with E-state index in [1.807, 2.05) is 0 Å². The topological polar surface area (TPSA) is 29.5 Å². The third-order valence-corrected chi connectivity index (χ3v) is 3.84. The third-order valence-electron chi connectivity index (χ3n) is 3.84. The number of hydrogen-bond donors (Lipinski definition) is 1. The summed E-state index contributed by atoms with van der Waals surface area (Å²) in [5, 5.41) is 10.5. The minimum atomic E-state index is -1.67. The molecule has 0 amide bonds. The molecule has 18 heavy (non-hydrogen) atoms. The zero-order valence-electron chi connectivity index (χ0n) is 9.63. The van der Waals surface area contributed by atoms with Crippen molar-refractivity contribution in [1.82, 2.24) is 0 Å². The number of hydrogen-bond acceptors (Lipinski definition) is 2. The van der Waals surface area contributed by atoms with Crippen molar-refractivity contribution >= 4 is 0 Å². The number of aliphatic hydroxyl groups is 1. The van der Waals surface area contributed by atoms with Crippen LogP contribution in [0, 0.1) is 17.5 Å². The quantitative estimate of drug-likeness (QED) is 0.785. The van der Waals surface area contributed by atoms with Gasteiger partial charge in [0.25, 0.3) is 0 Å². The Labute approximate surface area is 102 Å². The molecule has 2 aliphatic rings. The summed E-state index contributed by atoms with van der Waals surface area (Å²) < 4.78 is 46.2. The number of rotatable bonds is 1. The van der Waals surface area contributed by atoms with Gasteiger partial charge in [-0.1, -0.05) is 0 Å². The molecule has 2 saturated heterocycles. The average Bonchev–Trinajstić information content (AvgIpc) is 2.64. The van der Waals surface area contributed by atoms with Crippen LogP contribution in [0.5, 0.6) is 0 Å². The summed E-state index contributed by atoms with van der Waals surface area (Å²) >= 11 is 0. The predicted octanol–water partition coefficient (Wildman–Crippen LogP) is 2.63. The molecule has 1 aromatic rings. The van der Waals surface area contributed by atoms with Crippen molar-refractivity contribution in [3.63, 3.8) is 0 Å². The molecule has 1 aromatic carbocycles. The molecular formula is C13H13F3O2. The summed E-state index contributed by atoms with van der Waals surface area (Å²) in [5.41, 5.74) is -2.22. The molecule has 0 radical (unpaired) electrons. The predicted molar refractivity (Wildman–Crippen MR) is 57.3 cm³/mol. The highest BCUT2D eigenvalue weighted by molar-refractivity contribution is 5.28. The molecule has 3 rings (SSSR count). The lowest BCUT2D eigenvalue weighted by atomic mass is 9.83. The Balaban J connectivity index is 2.06. The van der Waals surface area contributed by atoms with E-state index in [1.165, 1.54) is 0 Å². The molecule has 1 N–H and O–H groups in total. The lowest BCUT2D eigenvalue weighted by molar-refractivity contribution is -0.118. The molecule has 0 aromatic heterocycles. The number of benzene rings is 1. The Bertz CT molecular complexity index is 477. The maximum atomic E-state index is 13.8. The van der Waals surface area contributed by atoms with Gasteiger partial charge >= 0.3 is 0 Å². The minimum absolute atomic E-state index is 0.112. The van der Waals surface area contributed by atoms with E-state index in [9.17, 15) is 18.3 Å². The van der Waals surface area contributed by atoms with Crippen LogP contribution in [0.4, 0.5) is 13.2 Å². The Morgan fingerprint density at radius 2 is 1.61 bits per heavy atom. The van der Waals surface area contributed by atoms with Gasteiger partial charge in [-0.3, -0.25) is 0 Å². The molecule has 2 unspecified atom stereocenters. The molecule has 2 heterocycles. The van der Waals surface area contributed by atoms with Gasteiger partial charge in [-0.25, -0.2) is 13.2 Å². The van der Waals surface area contributed by atoms with E-state index in [0.717, 1.165) is 25.0 Å². The van der Waals surface area contributed by atoms with Gasteiger partial charge in [-0.05, 0) is 25.0 Å². The van der Waals surface area contributed by atoms with E-state index < -0.39 is 28.6 Å². The summed E-state index contributed by atoms with van der Waals surface area (Å²) in [6.07, 6.45) is 1.37. The molecule has 0 spiro atoms. The maximum Gasteiger partial charge on any atom is 0.167 e. The Morgan fingerprint density at radius 3 is 2.22 bits per heavy atom. The van der Waals surface area contributed by atoms with Crippen molar-refractivity contribution in [3.05, 3.63) is 35.1 Å². The van der Waals surface area contributed by atoms with Gasteiger partial charge < -0.3 is 9.84 Å². The largest absolute Gasteiger partial charge is 0.385 e. The van der Waals surface area contributed by atoms with E-state index in [0.29, 0.717) is 0 Å². The van der Waals surface area contributed by atoms with Crippen LogP contribution in [-0.2, 0) is 10.3 Å². The summed E-state index contributed by atoms with van der Waals surface area (Å²) in [6, 6.07) is 1.58. The minimum Gasteiger partial charge on any atom is -0.385 e. The Hall–Kier alpha value is -1.07. The summed E-state index contributed by atoms with van der Waals surface area (Å²) in [6.45, 7) is 0. The molecule has 2 atom stereocenters. The van der Waals surface area contributed by atoms with E-state index in [1.54, 1.807) is 0 Å². The van der Waals surface area contributed by atoms with Crippen molar-refractivity contribution in [1.29, 1.82) is 0 Å². The maximum absolute atomic E-state index is 13.8. The van der Waals surface area contributed by atoms with Gasteiger partial charge in [0.05, 0.1) is 17.8 Å². The molecule has 2 aliphatic heterocycles. The molecule has 0 aliphatic carbocycles. The highest BCUT2D eigenvalue weighted by Crippen LogP contribution is 2.45. The highest BCUT2D eigenvalue weighted by Gasteiger charge is 2.47. The third kappa shape index (κ3) is 1.73. The summed E-state index contributed by atoms with van der Waals surface area (Å²) in [5.74, 6) is -3.34. The van der Waals surface area contributed by atoms with Crippen molar-refractivity contribution in [2.45, 2.75) is 43.5 Å². The normalized spacial score (nSPS) is 34.9. The standard InChI is InChI=1S/C13H13F3O2/c14-9-3-4-10(15)12(16)11(9)13(17)5-7-1-2-8(6-13)18-7/h3-4,7-8,17H,1-2,5-6H2. The first-order valence-corrected chi connectivity index (χ1v) is 6.01. The summed E-state index contributed by atoms with van der Waals surface area (Å²) in [7, 11) is 0. The average molecular weight is 258 g/mol. The lowest BCUT2D eigenvalue weighted by Crippen LogP contribution is -2.40. The van der Waals surface area contributed by atoms with E-state index in [4.69, 9.17) is 4.74 Å².